The number of halogens is 1. The minimum Gasteiger partial charge on any atom is -0.312 e. The molecule has 0 radical (unpaired) electrons. The summed E-state index contributed by atoms with van der Waals surface area (Å²) in [5.41, 5.74) is 1.24. The molecule has 1 aliphatic rings. The molecular formula is C12H17BrN2. The molecule has 1 N–H and O–H groups in total. The predicted molar refractivity (Wildman–Crippen MR) is 65.5 cm³/mol. The molecule has 0 amide bonds. The van der Waals surface area contributed by atoms with Gasteiger partial charge in [-0.2, -0.15) is 0 Å². The Morgan fingerprint density at radius 1 is 1.53 bits per heavy atom. The normalized spacial score (nSPS) is 17.7. The van der Waals surface area contributed by atoms with Crippen LogP contribution in [0.4, 0.5) is 0 Å². The number of aromatic nitrogens is 1. The second-order valence-electron chi connectivity index (χ2n) is 4.46. The first kappa shape index (κ1) is 11.1. The Bertz CT molecular complexity index is 323. The first-order valence-electron chi connectivity index (χ1n) is 5.56. The average molecular weight is 269 g/mol. The van der Waals surface area contributed by atoms with Crippen LogP contribution in [0.2, 0.25) is 0 Å². The van der Waals surface area contributed by atoms with Crippen LogP contribution in [0.3, 0.4) is 0 Å². The van der Waals surface area contributed by atoms with E-state index in [9.17, 15) is 0 Å². The van der Waals surface area contributed by atoms with E-state index in [0.717, 1.165) is 29.4 Å². The quantitative estimate of drug-likeness (QED) is 0.888. The monoisotopic (exact) mass is 268 g/mol. The fourth-order valence-corrected chi connectivity index (χ4v) is 2.24. The molecule has 1 aromatic heterocycles. The summed E-state index contributed by atoms with van der Waals surface area (Å²) in [4.78, 5) is 4.14. The van der Waals surface area contributed by atoms with Gasteiger partial charge in [-0.25, -0.2) is 0 Å². The van der Waals surface area contributed by atoms with E-state index in [1.165, 1.54) is 18.4 Å². The van der Waals surface area contributed by atoms with Gasteiger partial charge in [0.25, 0.3) is 0 Å². The lowest BCUT2D eigenvalue weighted by atomic mass is 10.1. The summed E-state index contributed by atoms with van der Waals surface area (Å²) in [7, 11) is 0. The number of nitrogens with one attached hydrogen (secondary N) is 1. The first-order chi connectivity index (χ1) is 7.25. The fraction of sp³-hybridized carbons (Fsp3) is 0.583. The van der Waals surface area contributed by atoms with Gasteiger partial charge in [0.2, 0.25) is 0 Å². The van der Waals surface area contributed by atoms with Gasteiger partial charge in [0.15, 0.2) is 0 Å². The van der Waals surface area contributed by atoms with Gasteiger partial charge in [-0.1, -0.05) is 6.92 Å². The number of hydrogen-bond donors (Lipinski definition) is 1. The molecule has 2 rings (SSSR count). The van der Waals surface area contributed by atoms with Crippen LogP contribution in [0.1, 0.15) is 25.3 Å². The third-order valence-corrected chi connectivity index (χ3v) is 3.42. The summed E-state index contributed by atoms with van der Waals surface area (Å²) in [6.07, 6.45) is 6.60. The molecule has 0 aromatic carbocycles. The number of nitrogens with zero attached hydrogens (tertiary/aromatic N) is 1. The van der Waals surface area contributed by atoms with Crippen molar-refractivity contribution in [2.45, 2.75) is 26.3 Å². The van der Waals surface area contributed by atoms with Gasteiger partial charge in [0.05, 0.1) is 0 Å². The molecule has 2 nitrogen and oxygen atoms in total. The molecule has 0 bridgehead atoms. The van der Waals surface area contributed by atoms with Crippen LogP contribution in [-0.2, 0) is 6.54 Å². The van der Waals surface area contributed by atoms with Crippen molar-refractivity contribution in [2.75, 3.05) is 6.54 Å². The zero-order valence-electron chi connectivity index (χ0n) is 9.04. The van der Waals surface area contributed by atoms with E-state index in [-0.39, 0.29) is 0 Å². The van der Waals surface area contributed by atoms with E-state index in [1.54, 1.807) is 0 Å². The molecule has 15 heavy (non-hydrogen) atoms. The minimum absolute atomic E-state index is 0.824. The van der Waals surface area contributed by atoms with Crippen LogP contribution in [0.5, 0.6) is 0 Å². The molecule has 1 fully saturated rings. The van der Waals surface area contributed by atoms with E-state index in [0.29, 0.717) is 0 Å². The van der Waals surface area contributed by atoms with Gasteiger partial charge >= 0.3 is 0 Å². The maximum absolute atomic E-state index is 4.14. The predicted octanol–water partition coefficient (Wildman–Crippen LogP) is 2.98. The smallest absolute Gasteiger partial charge is 0.0410 e. The zero-order chi connectivity index (χ0) is 10.7. The Morgan fingerprint density at radius 3 is 3.00 bits per heavy atom. The Balaban J connectivity index is 1.73. The molecule has 0 spiro atoms. The lowest BCUT2D eigenvalue weighted by molar-refractivity contribution is 0.461. The Labute approximate surface area is 99.6 Å². The summed E-state index contributed by atoms with van der Waals surface area (Å²) in [6.45, 7) is 4.38. The highest BCUT2D eigenvalue weighted by molar-refractivity contribution is 9.10. The van der Waals surface area contributed by atoms with Crippen molar-refractivity contribution in [3.05, 3.63) is 28.5 Å². The fourth-order valence-electron chi connectivity index (χ4n) is 1.83. The summed E-state index contributed by atoms with van der Waals surface area (Å²) in [5.74, 6) is 1.81. The van der Waals surface area contributed by atoms with Gasteiger partial charge in [0.1, 0.15) is 0 Å². The highest BCUT2D eigenvalue weighted by Crippen LogP contribution is 2.36. The molecule has 0 aliphatic heterocycles. The molecule has 0 saturated heterocycles. The van der Waals surface area contributed by atoms with Crippen LogP contribution >= 0.6 is 15.9 Å². The van der Waals surface area contributed by atoms with Gasteiger partial charge in [0, 0.05) is 23.4 Å². The van der Waals surface area contributed by atoms with Gasteiger partial charge < -0.3 is 5.32 Å². The Hall–Kier alpha value is -0.410. The summed E-state index contributed by atoms with van der Waals surface area (Å²) in [6, 6.07) is 2.11. The highest BCUT2D eigenvalue weighted by Gasteiger charge is 2.27. The summed E-state index contributed by atoms with van der Waals surface area (Å²) < 4.78 is 1.05. The van der Waals surface area contributed by atoms with E-state index >= 15 is 0 Å². The molecule has 1 aliphatic carbocycles. The van der Waals surface area contributed by atoms with E-state index in [4.69, 9.17) is 0 Å². The van der Waals surface area contributed by atoms with Crippen molar-refractivity contribution in [3.63, 3.8) is 0 Å². The van der Waals surface area contributed by atoms with E-state index in [2.05, 4.69) is 39.2 Å². The number of pyridine rings is 1. The average Bonchev–Trinajstić information content (AvgIpc) is 3.00. The van der Waals surface area contributed by atoms with E-state index in [1.807, 2.05) is 12.4 Å². The van der Waals surface area contributed by atoms with E-state index < -0.39 is 0 Å². The first-order valence-corrected chi connectivity index (χ1v) is 6.35. The zero-order valence-corrected chi connectivity index (χ0v) is 10.6. The van der Waals surface area contributed by atoms with Crippen molar-refractivity contribution >= 4 is 15.9 Å². The third-order valence-electron chi connectivity index (χ3n) is 2.98. The third kappa shape index (κ3) is 3.58. The molecular weight excluding hydrogens is 252 g/mol. The molecule has 1 atom stereocenters. The summed E-state index contributed by atoms with van der Waals surface area (Å²) >= 11 is 3.43. The van der Waals surface area contributed by atoms with Gasteiger partial charge in [-0.3, -0.25) is 4.98 Å². The largest absolute Gasteiger partial charge is 0.312 e. The lowest BCUT2D eigenvalue weighted by Gasteiger charge is -2.11. The van der Waals surface area contributed by atoms with Crippen LogP contribution in [0.15, 0.2) is 22.9 Å². The van der Waals surface area contributed by atoms with Crippen molar-refractivity contribution in [2.24, 2.45) is 11.8 Å². The van der Waals surface area contributed by atoms with Crippen LogP contribution in [0.25, 0.3) is 0 Å². The highest BCUT2D eigenvalue weighted by atomic mass is 79.9. The maximum atomic E-state index is 4.14. The maximum Gasteiger partial charge on any atom is 0.0410 e. The second-order valence-corrected chi connectivity index (χ2v) is 5.37. The molecule has 82 valence electrons. The van der Waals surface area contributed by atoms with Crippen molar-refractivity contribution < 1.29 is 0 Å². The number of hydrogen-bond acceptors (Lipinski definition) is 2. The molecule has 1 heterocycles. The second kappa shape index (κ2) is 5.08. The Kier molecular flexibility index (Phi) is 3.76. The van der Waals surface area contributed by atoms with Crippen molar-refractivity contribution in [1.29, 1.82) is 0 Å². The lowest BCUT2D eigenvalue weighted by Crippen LogP contribution is -2.21. The molecule has 1 unspecified atom stereocenters. The SMILES string of the molecule is CC(CNCc1cncc(Br)c1)C1CC1. The topological polar surface area (TPSA) is 24.9 Å². The van der Waals surface area contributed by atoms with Gasteiger partial charge in [-0.05, 0) is 58.8 Å². The summed E-state index contributed by atoms with van der Waals surface area (Å²) in [5, 5.41) is 3.49. The molecule has 3 heteroatoms. The molecule has 1 aromatic rings. The van der Waals surface area contributed by atoms with Crippen LogP contribution < -0.4 is 5.32 Å². The van der Waals surface area contributed by atoms with Gasteiger partial charge in [-0.15, -0.1) is 0 Å². The van der Waals surface area contributed by atoms with Crippen LogP contribution in [-0.4, -0.2) is 11.5 Å². The van der Waals surface area contributed by atoms with Crippen molar-refractivity contribution in [1.82, 2.24) is 10.3 Å². The number of rotatable bonds is 5. The van der Waals surface area contributed by atoms with Crippen molar-refractivity contribution in [3.8, 4) is 0 Å². The minimum atomic E-state index is 0.824. The standard InChI is InChI=1S/C12H17BrN2/c1-9(11-2-3-11)5-14-6-10-4-12(13)8-15-7-10/h4,7-9,11,14H,2-3,5-6H2,1H3. The Morgan fingerprint density at radius 2 is 2.33 bits per heavy atom. The molecule has 1 saturated carbocycles. The van der Waals surface area contributed by atoms with Crippen LogP contribution in [0, 0.1) is 11.8 Å².